The normalized spacial score (nSPS) is 15.5. The van der Waals surface area contributed by atoms with Crippen molar-refractivity contribution in [2.24, 2.45) is 0 Å². The number of hydrogen-bond donors (Lipinski definition) is 2. The van der Waals surface area contributed by atoms with E-state index < -0.39 is 0 Å². The lowest BCUT2D eigenvalue weighted by atomic mass is 9.92. The Bertz CT molecular complexity index is 1660. The Morgan fingerprint density at radius 3 is 2.74 bits per heavy atom. The number of pyridine rings is 1. The van der Waals surface area contributed by atoms with E-state index in [1.807, 2.05) is 31.2 Å². The average molecular weight is 633 g/mol. The molecular weight excluding hydrogens is 605 g/mol. The highest BCUT2D eigenvalue weighted by molar-refractivity contribution is 14.1. The minimum atomic E-state index is -0.0864. The Hall–Kier alpha value is -3.64. The van der Waals surface area contributed by atoms with E-state index in [1.54, 1.807) is 10.8 Å². The molecule has 0 amide bonds. The van der Waals surface area contributed by atoms with Gasteiger partial charge in [0.15, 0.2) is 0 Å². The van der Waals surface area contributed by atoms with Gasteiger partial charge in [0.2, 0.25) is 18.2 Å². The van der Waals surface area contributed by atoms with Crippen molar-refractivity contribution in [3.05, 3.63) is 82.6 Å². The molecule has 0 aliphatic carbocycles. The molecule has 3 aromatic heterocycles. The number of hydrogen-bond acceptors (Lipinski definition) is 8. The maximum Gasteiger partial charge on any atom is 0.260 e. The Kier molecular flexibility index (Phi) is 7.38. The first kappa shape index (κ1) is 25.6. The Labute approximate surface area is 239 Å². The monoisotopic (exact) mass is 633 g/mol. The smallest absolute Gasteiger partial charge is 0.260 e. The lowest BCUT2D eigenvalue weighted by Crippen LogP contribution is -2.28. The fraction of sp³-hybridized carbons (Fsp3) is 0.276. The second kappa shape index (κ2) is 11.2. The molecule has 4 heterocycles. The zero-order chi connectivity index (χ0) is 26.8. The quantitative estimate of drug-likeness (QED) is 0.174. The first-order chi connectivity index (χ1) is 19.1. The van der Waals surface area contributed by atoms with Gasteiger partial charge in [-0.05, 0) is 79.3 Å². The Morgan fingerprint density at radius 2 is 2.03 bits per heavy atom. The van der Waals surface area contributed by atoms with E-state index in [0.29, 0.717) is 39.9 Å². The number of aryl methyl sites for hydroxylation is 1. The molecule has 1 saturated heterocycles. The molecule has 0 bridgehead atoms. The van der Waals surface area contributed by atoms with Crippen LogP contribution in [0.5, 0.6) is 0 Å². The van der Waals surface area contributed by atoms with E-state index in [4.69, 9.17) is 9.40 Å². The van der Waals surface area contributed by atoms with E-state index in [1.165, 1.54) is 24.8 Å². The van der Waals surface area contributed by atoms with Gasteiger partial charge in [-0.25, -0.2) is 4.98 Å². The summed E-state index contributed by atoms with van der Waals surface area (Å²) >= 11 is 2.31. The summed E-state index contributed by atoms with van der Waals surface area (Å²) < 4.78 is 7.78. The minimum Gasteiger partial charge on any atom is -0.423 e. The van der Waals surface area contributed by atoms with Crippen LogP contribution in [0.2, 0.25) is 0 Å². The molecule has 198 valence electrons. The zero-order valence-corrected chi connectivity index (χ0v) is 23.7. The summed E-state index contributed by atoms with van der Waals surface area (Å²) in [7, 11) is 0. The number of nitrogens with one attached hydrogen (secondary N) is 2. The highest BCUT2D eigenvalue weighted by Gasteiger charge is 2.17. The fourth-order valence-electron chi connectivity index (χ4n) is 5.21. The largest absolute Gasteiger partial charge is 0.423 e. The van der Waals surface area contributed by atoms with Crippen molar-refractivity contribution in [1.82, 2.24) is 30.0 Å². The molecule has 1 unspecified atom stereocenters. The maximum atomic E-state index is 13.7. The van der Waals surface area contributed by atoms with Crippen molar-refractivity contribution in [3.8, 4) is 22.6 Å². The van der Waals surface area contributed by atoms with Crippen molar-refractivity contribution in [3.63, 3.8) is 0 Å². The highest BCUT2D eigenvalue weighted by atomic mass is 127. The summed E-state index contributed by atoms with van der Waals surface area (Å²) in [5, 5.41) is 15.4. The number of alkyl halides is 1. The summed E-state index contributed by atoms with van der Waals surface area (Å²) in [5.74, 6) is 1.47. The number of piperidine rings is 1. The fourth-order valence-corrected chi connectivity index (χ4v) is 5.84. The van der Waals surface area contributed by atoms with Crippen LogP contribution in [0.25, 0.3) is 33.6 Å². The second-order valence-corrected chi connectivity index (χ2v) is 10.4. The Balaban J connectivity index is 1.32. The lowest BCUT2D eigenvalue weighted by Gasteiger charge is -2.23. The van der Waals surface area contributed by atoms with Gasteiger partial charge in [0.05, 0.1) is 0 Å². The van der Waals surface area contributed by atoms with Gasteiger partial charge in [-0.2, -0.15) is 4.98 Å². The molecule has 2 aromatic carbocycles. The molecule has 0 radical (unpaired) electrons. The molecule has 0 spiro atoms. The van der Waals surface area contributed by atoms with Crippen LogP contribution >= 0.6 is 22.6 Å². The number of nitrogens with zero attached hydrogens (tertiary/aromatic N) is 5. The topological polar surface area (TPSA) is 111 Å². The van der Waals surface area contributed by atoms with Crippen molar-refractivity contribution < 1.29 is 4.42 Å². The summed E-state index contributed by atoms with van der Waals surface area (Å²) in [6, 6.07) is 16.2. The van der Waals surface area contributed by atoms with Crippen molar-refractivity contribution in [1.29, 1.82) is 0 Å². The molecule has 9 nitrogen and oxygen atoms in total. The third-order valence-electron chi connectivity index (χ3n) is 7.22. The number of benzene rings is 2. The number of fused-ring (bicyclic) bond motifs is 1. The summed E-state index contributed by atoms with van der Waals surface area (Å²) in [4.78, 5) is 23.0. The Morgan fingerprint density at radius 1 is 1.15 bits per heavy atom. The predicted molar refractivity (Wildman–Crippen MR) is 160 cm³/mol. The number of anilines is 2. The van der Waals surface area contributed by atoms with Gasteiger partial charge < -0.3 is 15.1 Å². The molecular formula is C29H28IN7O2. The van der Waals surface area contributed by atoms with Gasteiger partial charge in [0.25, 0.3) is 5.56 Å². The minimum absolute atomic E-state index is 0.0864. The van der Waals surface area contributed by atoms with Crippen LogP contribution < -0.4 is 16.2 Å². The average Bonchev–Trinajstić information content (AvgIpc) is 3.53. The third kappa shape index (κ3) is 5.18. The van der Waals surface area contributed by atoms with E-state index in [-0.39, 0.29) is 5.56 Å². The number of aromatic nitrogens is 5. The van der Waals surface area contributed by atoms with Gasteiger partial charge in [0, 0.05) is 45.9 Å². The number of halogens is 1. The molecule has 6 rings (SSSR count). The molecule has 0 saturated carbocycles. The van der Waals surface area contributed by atoms with Crippen LogP contribution in [-0.2, 0) is 11.0 Å². The van der Waals surface area contributed by atoms with Gasteiger partial charge in [-0.15, -0.1) is 10.2 Å². The van der Waals surface area contributed by atoms with Crippen LogP contribution in [0.1, 0.15) is 36.8 Å². The third-order valence-corrected chi connectivity index (χ3v) is 8.05. The van der Waals surface area contributed by atoms with Crippen molar-refractivity contribution in [2.45, 2.75) is 36.7 Å². The molecule has 1 aliphatic heterocycles. The van der Waals surface area contributed by atoms with Gasteiger partial charge in [-0.3, -0.25) is 9.36 Å². The SMILES string of the molecule is CCn1c(=O)c(-c2ccc(-c3nnco3)cc2CI)cc2cnc(Nc3ccc(C4CCCNC4)cc3)nc21. The van der Waals surface area contributed by atoms with Gasteiger partial charge in [0.1, 0.15) is 5.65 Å². The van der Waals surface area contributed by atoms with E-state index in [0.717, 1.165) is 40.9 Å². The number of rotatable bonds is 7. The van der Waals surface area contributed by atoms with Gasteiger partial charge in [-0.1, -0.05) is 40.8 Å². The molecule has 1 atom stereocenters. The first-order valence-electron chi connectivity index (χ1n) is 13.1. The molecule has 2 N–H and O–H groups in total. The lowest BCUT2D eigenvalue weighted by molar-refractivity contribution is 0.461. The maximum absolute atomic E-state index is 13.7. The molecule has 5 aromatic rings. The predicted octanol–water partition coefficient (Wildman–Crippen LogP) is 5.67. The zero-order valence-electron chi connectivity index (χ0n) is 21.5. The van der Waals surface area contributed by atoms with Crippen LogP contribution in [-0.4, -0.2) is 37.8 Å². The van der Waals surface area contributed by atoms with Gasteiger partial charge >= 0.3 is 0 Å². The molecule has 39 heavy (non-hydrogen) atoms. The van der Waals surface area contributed by atoms with Crippen LogP contribution in [0, 0.1) is 0 Å². The standard InChI is InChI=1S/C29H28IN7O2/c1-2-37-26-22(13-25(28(37)38)24-10-7-19(12-21(24)14-30)27-36-33-17-39-27)16-32-29(35-26)34-23-8-5-18(6-9-23)20-4-3-11-31-15-20/h5-10,12-13,16-17,20,31H,2-4,11,14-15H2,1H3,(H,32,34,35). The molecule has 1 fully saturated rings. The first-order valence-corrected chi connectivity index (χ1v) is 14.6. The van der Waals surface area contributed by atoms with Crippen LogP contribution in [0.4, 0.5) is 11.6 Å². The van der Waals surface area contributed by atoms with Crippen LogP contribution in [0.3, 0.4) is 0 Å². The summed E-state index contributed by atoms with van der Waals surface area (Å²) in [5.41, 5.74) is 6.10. The summed E-state index contributed by atoms with van der Waals surface area (Å²) in [6.45, 7) is 4.58. The highest BCUT2D eigenvalue weighted by Crippen LogP contribution is 2.30. The van der Waals surface area contributed by atoms with Crippen LogP contribution in [0.15, 0.2) is 70.3 Å². The molecule has 10 heteroatoms. The van der Waals surface area contributed by atoms with Crippen molar-refractivity contribution >= 4 is 45.3 Å². The second-order valence-electron chi connectivity index (χ2n) is 9.62. The van der Waals surface area contributed by atoms with E-state index in [9.17, 15) is 4.79 Å². The molecule has 1 aliphatic rings. The van der Waals surface area contributed by atoms with E-state index >= 15 is 0 Å². The summed E-state index contributed by atoms with van der Waals surface area (Å²) in [6.07, 6.45) is 5.51. The van der Waals surface area contributed by atoms with E-state index in [2.05, 4.69) is 72.7 Å². The van der Waals surface area contributed by atoms with Crippen molar-refractivity contribution in [2.75, 3.05) is 18.4 Å².